The van der Waals surface area contributed by atoms with Crippen molar-refractivity contribution in [2.24, 2.45) is 0 Å². The average Bonchev–Trinajstić information content (AvgIpc) is 3.39. The Hall–Kier alpha value is -3.63. The molecule has 2 aromatic heterocycles. The van der Waals surface area contributed by atoms with E-state index in [1.54, 1.807) is 18.2 Å². The molecule has 1 amide bonds. The lowest BCUT2D eigenvalue weighted by Gasteiger charge is -2.22. The molecule has 0 atom stereocenters. The van der Waals surface area contributed by atoms with Gasteiger partial charge in [0.2, 0.25) is 0 Å². The number of para-hydroxylation sites is 1. The molecule has 0 N–H and O–H groups in total. The Bertz CT molecular complexity index is 1020. The topological polar surface area (TPSA) is 103 Å². The van der Waals surface area contributed by atoms with E-state index in [-0.39, 0.29) is 35.9 Å². The minimum Gasteiger partial charge on any atom is -0.464 e. The van der Waals surface area contributed by atoms with Crippen molar-refractivity contribution in [2.75, 3.05) is 20.2 Å². The van der Waals surface area contributed by atoms with Gasteiger partial charge in [-0.2, -0.15) is 15.0 Å². The Kier molecular flexibility index (Phi) is 6.50. The number of alkyl halides is 2. The third-order valence-corrected chi connectivity index (χ3v) is 4.23. The first-order valence-electron chi connectivity index (χ1n) is 8.98. The lowest BCUT2D eigenvalue weighted by atomic mass is 10.1. The molecule has 9 nitrogen and oxygen atoms in total. The van der Waals surface area contributed by atoms with Crippen molar-refractivity contribution in [1.82, 2.24) is 24.9 Å². The fourth-order valence-corrected chi connectivity index (χ4v) is 2.86. The maximum Gasteiger partial charge on any atom is 0.360 e. The van der Waals surface area contributed by atoms with Gasteiger partial charge in [-0.1, -0.05) is 12.1 Å². The number of methoxy groups -OCH3 is 1. The summed E-state index contributed by atoms with van der Waals surface area (Å²) < 4.78 is 36.3. The number of amides is 1. The number of aromatic nitrogens is 4. The molecule has 158 valence electrons. The molecule has 0 saturated carbocycles. The van der Waals surface area contributed by atoms with Crippen molar-refractivity contribution in [3.8, 4) is 5.69 Å². The van der Waals surface area contributed by atoms with Crippen LogP contribution in [0, 0.1) is 6.92 Å². The van der Waals surface area contributed by atoms with Gasteiger partial charge in [-0.05, 0) is 19.1 Å². The van der Waals surface area contributed by atoms with E-state index in [2.05, 4.69) is 19.9 Å². The zero-order chi connectivity index (χ0) is 21.7. The minimum absolute atomic E-state index is 0.00865. The maximum atomic E-state index is 13.2. The largest absolute Gasteiger partial charge is 0.464 e. The zero-order valence-corrected chi connectivity index (χ0v) is 16.3. The number of hydrogen-bond donors (Lipinski definition) is 0. The summed E-state index contributed by atoms with van der Waals surface area (Å²) >= 11 is 0. The molecule has 1 aromatic carbocycles. The second-order valence-electron chi connectivity index (χ2n) is 6.23. The van der Waals surface area contributed by atoms with Crippen LogP contribution in [0.2, 0.25) is 0 Å². The van der Waals surface area contributed by atoms with E-state index >= 15 is 0 Å². The highest BCUT2D eigenvalue weighted by atomic mass is 19.3. The van der Waals surface area contributed by atoms with Gasteiger partial charge < -0.3 is 14.1 Å². The molecule has 0 unspecified atom stereocenters. The summed E-state index contributed by atoms with van der Waals surface area (Å²) in [6.07, 6.45) is 0.198. The van der Waals surface area contributed by atoms with E-state index in [0.717, 1.165) is 4.90 Å². The first-order valence-corrected chi connectivity index (χ1v) is 8.98. The standard InChI is InChI=1S/C19H19F2N5O4/c1-12-17(19(28)29-2)24-16(30-12)7-10-25(11-15(20)21)18(27)13-5-3-4-6-14(13)26-22-8-9-23-26/h3-6,8-9,15H,7,10-11H2,1-2H3. The van der Waals surface area contributed by atoms with Gasteiger partial charge in [-0.25, -0.2) is 18.6 Å². The summed E-state index contributed by atoms with van der Waals surface area (Å²) in [6.45, 7) is 0.673. The predicted octanol–water partition coefficient (Wildman–Crippen LogP) is 2.30. The van der Waals surface area contributed by atoms with Crippen LogP contribution < -0.4 is 0 Å². The van der Waals surface area contributed by atoms with E-state index in [4.69, 9.17) is 4.42 Å². The summed E-state index contributed by atoms with van der Waals surface area (Å²) in [5.41, 5.74) is 0.550. The normalized spacial score (nSPS) is 11.0. The van der Waals surface area contributed by atoms with Crippen LogP contribution in [0.15, 0.2) is 41.1 Å². The molecule has 0 aliphatic carbocycles. The number of oxazole rings is 1. The monoisotopic (exact) mass is 419 g/mol. The van der Waals surface area contributed by atoms with Crippen LogP contribution in [-0.4, -0.2) is 63.4 Å². The molecule has 3 aromatic rings. The molecule has 0 spiro atoms. The molecule has 11 heteroatoms. The number of rotatable bonds is 8. The fourth-order valence-electron chi connectivity index (χ4n) is 2.86. The van der Waals surface area contributed by atoms with Gasteiger partial charge in [0.25, 0.3) is 12.3 Å². The number of carbonyl (C=O) groups excluding carboxylic acids is 2. The van der Waals surface area contributed by atoms with Crippen LogP contribution in [0.3, 0.4) is 0 Å². The summed E-state index contributed by atoms with van der Waals surface area (Å²) in [5, 5.41) is 8.00. The third-order valence-electron chi connectivity index (χ3n) is 4.23. The predicted molar refractivity (Wildman–Crippen MR) is 99.6 cm³/mol. The average molecular weight is 419 g/mol. The lowest BCUT2D eigenvalue weighted by molar-refractivity contribution is 0.0553. The Morgan fingerprint density at radius 2 is 1.93 bits per heavy atom. The van der Waals surface area contributed by atoms with Gasteiger partial charge in [0.1, 0.15) is 5.76 Å². The Morgan fingerprint density at radius 3 is 2.60 bits per heavy atom. The van der Waals surface area contributed by atoms with Crippen LogP contribution in [0.1, 0.15) is 32.5 Å². The molecule has 0 aliphatic rings. The van der Waals surface area contributed by atoms with Crippen LogP contribution >= 0.6 is 0 Å². The van der Waals surface area contributed by atoms with Crippen LogP contribution in [0.25, 0.3) is 5.69 Å². The molecule has 0 radical (unpaired) electrons. The van der Waals surface area contributed by atoms with Crippen molar-refractivity contribution in [2.45, 2.75) is 19.8 Å². The number of benzene rings is 1. The maximum absolute atomic E-state index is 13.2. The van der Waals surface area contributed by atoms with Gasteiger partial charge in [-0.15, -0.1) is 0 Å². The second kappa shape index (κ2) is 9.25. The molecule has 0 fully saturated rings. The van der Waals surface area contributed by atoms with Crippen LogP contribution in [0.4, 0.5) is 8.78 Å². The highest BCUT2D eigenvalue weighted by Crippen LogP contribution is 2.17. The summed E-state index contributed by atoms with van der Waals surface area (Å²) in [7, 11) is 1.21. The third kappa shape index (κ3) is 4.67. The summed E-state index contributed by atoms with van der Waals surface area (Å²) in [4.78, 5) is 31.0. The number of esters is 1. The number of hydrogen-bond acceptors (Lipinski definition) is 7. The van der Waals surface area contributed by atoms with Crippen molar-refractivity contribution in [1.29, 1.82) is 0 Å². The van der Waals surface area contributed by atoms with Gasteiger partial charge >= 0.3 is 5.97 Å². The second-order valence-corrected chi connectivity index (χ2v) is 6.23. The quantitative estimate of drug-likeness (QED) is 0.516. The Labute approximate surface area is 170 Å². The van der Waals surface area contributed by atoms with E-state index in [0.29, 0.717) is 5.69 Å². The molecule has 0 bridgehead atoms. The first-order chi connectivity index (χ1) is 14.4. The van der Waals surface area contributed by atoms with Crippen molar-refractivity contribution in [3.63, 3.8) is 0 Å². The molecule has 3 rings (SSSR count). The number of ether oxygens (including phenoxy) is 1. The van der Waals surface area contributed by atoms with Crippen LogP contribution in [0.5, 0.6) is 0 Å². The van der Waals surface area contributed by atoms with Crippen LogP contribution in [-0.2, 0) is 11.2 Å². The molecule has 0 aliphatic heterocycles. The number of nitrogens with zero attached hydrogens (tertiary/aromatic N) is 5. The van der Waals surface area contributed by atoms with E-state index in [9.17, 15) is 18.4 Å². The van der Waals surface area contributed by atoms with E-state index < -0.39 is 24.8 Å². The van der Waals surface area contributed by atoms with Gasteiger partial charge in [0, 0.05) is 13.0 Å². The van der Waals surface area contributed by atoms with Crippen molar-refractivity contribution in [3.05, 3.63) is 59.6 Å². The van der Waals surface area contributed by atoms with Gasteiger partial charge in [0.05, 0.1) is 37.3 Å². The zero-order valence-electron chi connectivity index (χ0n) is 16.3. The number of carbonyl (C=O) groups is 2. The molecule has 30 heavy (non-hydrogen) atoms. The summed E-state index contributed by atoms with van der Waals surface area (Å²) in [6, 6.07) is 6.45. The highest BCUT2D eigenvalue weighted by molar-refractivity contribution is 5.97. The fraction of sp³-hybridized carbons (Fsp3) is 0.316. The minimum atomic E-state index is -2.74. The first kappa shape index (κ1) is 21.1. The Balaban J connectivity index is 1.82. The molecule has 0 saturated heterocycles. The smallest absolute Gasteiger partial charge is 0.360 e. The van der Waals surface area contributed by atoms with Crippen molar-refractivity contribution < 1.29 is 27.5 Å². The number of halogens is 2. The molecule has 2 heterocycles. The number of aryl methyl sites for hydroxylation is 1. The van der Waals surface area contributed by atoms with Gasteiger partial charge in [0.15, 0.2) is 11.6 Å². The molecular weight excluding hydrogens is 400 g/mol. The SMILES string of the molecule is COC(=O)c1nc(CCN(CC(F)F)C(=O)c2ccccc2-n2nccn2)oc1C. The Morgan fingerprint density at radius 1 is 1.23 bits per heavy atom. The summed E-state index contributed by atoms with van der Waals surface area (Å²) in [5.74, 6) is -0.885. The lowest BCUT2D eigenvalue weighted by Crippen LogP contribution is -2.37. The van der Waals surface area contributed by atoms with Gasteiger partial charge in [-0.3, -0.25) is 4.79 Å². The highest BCUT2D eigenvalue weighted by Gasteiger charge is 2.24. The van der Waals surface area contributed by atoms with E-state index in [1.165, 1.54) is 37.3 Å². The van der Waals surface area contributed by atoms with E-state index in [1.807, 2.05) is 0 Å². The van der Waals surface area contributed by atoms with Crippen molar-refractivity contribution >= 4 is 11.9 Å². The molecular formula is C19H19F2N5O4.